The van der Waals surface area contributed by atoms with Gasteiger partial charge in [-0.3, -0.25) is 9.59 Å². The molecule has 0 spiro atoms. The molecule has 2 aliphatic rings. The molecule has 1 saturated heterocycles. The molecule has 2 aromatic rings. The van der Waals surface area contributed by atoms with E-state index in [9.17, 15) is 18.4 Å². The van der Waals surface area contributed by atoms with Gasteiger partial charge in [-0.25, -0.2) is 18.3 Å². The maximum atomic E-state index is 13.6. The van der Waals surface area contributed by atoms with Crippen LogP contribution in [0.2, 0.25) is 0 Å². The summed E-state index contributed by atoms with van der Waals surface area (Å²) in [4.78, 5) is 32.7. The lowest BCUT2D eigenvalue weighted by molar-refractivity contribution is -0.144. The van der Waals surface area contributed by atoms with Crippen LogP contribution in [-0.4, -0.2) is 75.4 Å². The maximum absolute atomic E-state index is 13.6. The van der Waals surface area contributed by atoms with Gasteiger partial charge >= 0.3 is 0 Å². The number of alkyl halides is 2. The molecule has 4 rings (SSSR count). The first kappa shape index (κ1) is 22.6. The van der Waals surface area contributed by atoms with Crippen LogP contribution >= 0.6 is 0 Å². The third-order valence-electron chi connectivity index (χ3n) is 6.91. The van der Waals surface area contributed by atoms with Crippen molar-refractivity contribution in [1.29, 1.82) is 0 Å². The van der Waals surface area contributed by atoms with Crippen LogP contribution < -0.4 is 5.73 Å². The number of likely N-dealkylation sites (tertiary alicyclic amines) is 1. The predicted octanol–water partition coefficient (Wildman–Crippen LogP) is 1.90. The monoisotopic (exact) mass is 448 g/mol. The number of carbonyl (C=O) groups is 2. The fourth-order valence-corrected chi connectivity index (χ4v) is 5.18. The van der Waals surface area contributed by atoms with Gasteiger partial charge in [0.25, 0.3) is 5.92 Å². The van der Waals surface area contributed by atoms with E-state index in [-0.39, 0.29) is 30.7 Å². The molecule has 0 aromatic carbocycles. The van der Waals surface area contributed by atoms with E-state index in [1.807, 2.05) is 22.7 Å². The third kappa shape index (κ3) is 4.32. The molecule has 3 heterocycles. The molecule has 0 radical (unpaired) electrons. The average molecular weight is 449 g/mol. The van der Waals surface area contributed by atoms with Gasteiger partial charge in [0.1, 0.15) is 6.33 Å². The van der Waals surface area contributed by atoms with Crippen LogP contribution in [0.3, 0.4) is 0 Å². The van der Waals surface area contributed by atoms with E-state index in [0.717, 1.165) is 41.9 Å². The van der Waals surface area contributed by atoms with Crippen LogP contribution in [0, 0.1) is 11.8 Å². The number of nitrogens with zero attached hydrogens (tertiary/aromatic N) is 5. The Morgan fingerprint density at radius 1 is 1.22 bits per heavy atom. The number of fused-ring (bicyclic) bond motifs is 1. The summed E-state index contributed by atoms with van der Waals surface area (Å²) >= 11 is 0. The molecule has 1 unspecified atom stereocenters. The van der Waals surface area contributed by atoms with Crippen molar-refractivity contribution in [3.05, 3.63) is 30.2 Å². The molecule has 2 aromatic heterocycles. The molecule has 1 saturated carbocycles. The number of halogens is 2. The van der Waals surface area contributed by atoms with Crippen molar-refractivity contribution < 1.29 is 18.4 Å². The SMILES string of the molecule is CN(C)C(=O)C(C1CCC(c2cccc3ncnn23)CC1)[C@H](N)C(=O)N1CCC(F)(F)C1. The molecule has 2 N–H and O–H groups in total. The number of amides is 2. The second kappa shape index (κ2) is 8.73. The third-order valence-corrected chi connectivity index (χ3v) is 6.91. The van der Waals surface area contributed by atoms with Gasteiger partial charge < -0.3 is 15.5 Å². The molecule has 10 heteroatoms. The van der Waals surface area contributed by atoms with E-state index < -0.39 is 30.3 Å². The van der Waals surface area contributed by atoms with Crippen molar-refractivity contribution >= 4 is 17.5 Å². The summed E-state index contributed by atoms with van der Waals surface area (Å²) in [5, 5.41) is 4.32. The van der Waals surface area contributed by atoms with Crippen LogP contribution in [-0.2, 0) is 9.59 Å². The largest absolute Gasteiger partial charge is 0.349 e. The Hall–Kier alpha value is -2.62. The lowest BCUT2D eigenvalue weighted by Crippen LogP contribution is -2.54. The van der Waals surface area contributed by atoms with Crippen molar-refractivity contribution in [3.8, 4) is 0 Å². The number of hydrogen-bond donors (Lipinski definition) is 1. The van der Waals surface area contributed by atoms with Crippen LogP contribution in [0.4, 0.5) is 8.78 Å². The summed E-state index contributed by atoms with van der Waals surface area (Å²) in [6, 6.07) is 4.78. The van der Waals surface area contributed by atoms with Crippen molar-refractivity contribution in [3.63, 3.8) is 0 Å². The summed E-state index contributed by atoms with van der Waals surface area (Å²) in [6.07, 6.45) is 4.25. The quantitative estimate of drug-likeness (QED) is 0.754. The number of nitrogens with two attached hydrogens (primary N) is 1. The van der Waals surface area contributed by atoms with E-state index in [0.29, 0.717) is 0 Å². The van der Waals surface area contributed by atoms with Crippen LogP contribution in [0.25, 0.3) is 5.65 Å². The van der Waals surface area contributed by atoms with Crippen LogP contribution in [0.5, 0.6) is 0 Å². The minimum atomic E-state index is -2.89. The molecule has 8 nitrogen and oxygen atoms in total. The number of pyridine rings is 1. The molecular formula is C22H30F2N6O2. The van der Waals surface area contributed by atoms with E-state index in [2.05, 4.69) is 10.1 Å². The fourth-order valence-electron chi connectivity index (χ4n) is 5.18. The first-order valence-corrected chi connectivity index (χ1v) is 11.1. The fraction of sp³-hybridized carbons (Fsp3) is 0.636. The van der Waals surface area contributed by atoms with Crippen LogP contribution in [0.15, 0.2) is 24.5 Å². The van der Waals surface area contributed by atoms with Gasteiger partial charge in [0.2, 0.25) is 11.8 Å². The Kier molecular flexibility index (Phi) is 6.15. The topological polar surface area (TPSA) is 96.8 Å². The Morgan fingerprint density at radius 3 is 2.56 bits per heavy atom. The Balaban J connectivity index is 1.49. The Bertz CT molecular complexity index is 986. The van der Waals surface area contributed by atoms with E-state index in [4.69, 9.17) is 5.73 Å². The number of hydrogen-bond acceptors (Lipinski definition) is 5. The first-order chi connectivity index (χ1) is 15.2. The highest BCUT2D eigenvalue weighted by atomic mass is 19.3. The molecule has 174 valence electrons. The van der Waals surface area contributed by atoms with Crippen molar-refractivity contribution in [2.45, 2.75) is 50.0 Å². The van der Waals surface area contributed by atoms with Gasteiger partial charge in [-0.2, -0.15) is 5.10 Å². The first-order valence-electron chi connectivity index (χ1n) is 11.1. The highest BCUT2D eigenvalue weighted by molar-refractivity contribution is 5.90. The molecule has 2 amide bonds. The second-order valence-electron chi connectivity index (χ2n) is 9.24. The minimum Gasteiger partial charge on any atom is -0.349 e. The van der Waals surface area contributed by atoms with Gasteiger partial charge in [0.05, 0.1) is 18.5 Å². The predicted molar refractivity (Wildman–Crippen MR) is 114 cm³/mol. The average Bonchev–Trinajstić information content (AvgIpc) is 3.39. The zero-order valence-corrected chi connectivity index (χ0v) is 18.5. The summed E-state index contributed by atoms with van der Waals surface area (Å²) in [6.45, 7) is -0.659. The normalized spacial score (nSPS) is 25.0. The smallest absolute Gasteiger partial charge is 0.267 e. The van der Waals surface area contributed by atoms with Crippen molar-refractivity contribution in [2.75, 3.05) is 27.2 Å². The zero-order chi connectivity index (χ0) is 23.0. The molecule has 1 aliphatic heterocycles. The lowest BCUT2D eigenvalue weighted by atomic mass is 9.72. The number of aromatic nitrogens is 3. The summed E-state index contributed by atoms with van der Waals surface area (Å²) < 4.78 is 29.1. The number of rotatable bonds is 5. The van der Waals surface area contributed by atoms with Gasteiger partial charge in [-0.1, -0.05) is 6.07 Å². The lowest BCUT2D eigenvalue weighted by Gasteiger charge is -2.37. The molecule has 32 heavy (non-hydrogen) atoms. The van der Waals surface area contributed by atoms with Gasteiger partial charge in [-0.05, 0) is 43.7 Å². The van der Waals surface area contributed by atoms with E-state index in [1.165, 1.54) is 11.2 Å². The van der Waals surface area contributed by atoms with E-state index >= 15 is 0 Å². The highest BCUT2D eigenvalue weighted by Crippen LogP contribution is 2.40. The Labute approximate surface area is 185 Å². The van der Waals surface area contributed by atoms with Crippen molar-refractivity contribution in [1.82, 2.24) is 24.4 Å². The standard InChI is InChI=1S/C22H30F2N6O2/c1-28(2)20(31)18(19(25)21(32)29-11-10-22(23,24)12-29)15-8-6-14(7-9-15)16-4-3-5-17-26-13-27-30(16)17/h3-5,13-15,18-19H,6-12,25H2,1-2H3/t14?,15?,18?,19-/m0/s1. The molecule has 2 atom stereocenters. The van der Waals surface area contributed by atoms with Crippen LogP contribution in [0.1, 0.15) is 43.7 Å². The number of carbonyl (C=O) groups excluding carboxylic acids is 2. The molecule has 2 fully saturated rings. The van der Waals surface area contributed by atoms with Gasteiger partial charge in [-0.15, -0.1) is 0 Å². The van der Waals surface area contributed by atoms with Gasteiger partial charge in [0, 0.05) is 38.7 Å². The van der Waals surface area contributed by atoms with Gasteiger partial charge in [0.15, 0.2) is 5.65 Å². The van der Waals surface area contributed by atoms with Crippen molar-refractivity contribution in [2.24, 2.45) is 17.6 Å². The molecule has 1 aliphatic carbocycles. The van der Waals surface area contributed by atoms with E-state index in [1.54, 1.807) is 14.1 Å². The Morgan fingerprint density at radius 2 is 1.94 bits per heavy atom. The summed E-state index contributed by atoms with van der Waals surface area (Å²) in [5.41, 5.74) is 8.17. The zero-order valence-electron chi connectivity index (χ0n) is 18.5. The molecule has 0 bridgehead atoms. The maximum Gasteiger partial charge on any atom is 0.267 e. The summed E-state index contributed by atoms with van der Waals surface area (Å²) in [5.74, 6) is -4.23. The molecular weight excluding hydrogens is 418 g/mol. The minimum absolute atomic E-state index is 0.0307. The summed E-state index contributed by atoms with van der Waals surface area (Å²) in [7, 11) is 3.27. The highest BCUT2D eigenvalue weighted by Gasteiger charge is 2.46. The second-order valence-corrected chi connectivity index (χ2v) is 9.24.